The van der Waals surface area contributed by atoms with E-state index in [1.165, 1.54) is 11.8 Å². The molecule has 2 heterocycles. The van der Waals surface area contributed by atoms with E-state index < -0.39 is 0 Å². The highest BCUT2D eigenvalue weighted by atomic mass is 16.5. The number of carbonyl (C=O) groups is 1. The third-order valence-electron chi connectivity index (χ3n) is 3.72. The van der Waals surface area contributed by atoms with Crippen molar-refractivity contribution >= 4 is 11.9 Å². The Hall–Kier alpha value is -3.09. The van der Waals surface area contributed by atoms with Crippen LogP contribution in [0.2, 0.25) is 0 Å². The van der Waals surface area contributed by atoms with Crippen LogP contribution >= 0.6 is 0 Å². The molecule has 0 aliphatic rings. The van der Waals surface area contributed by atoms with Crippen molar-refractivity contribution in [3.05, 3.63) is 53.5 Å². The number of carbonyl (C=O) groups excluding carboxylic acids is 1. The molecule has 0 fully saturated rings. The topological polar surface area (TPSA) is 93.2 Å². The van der Waals surface area contributed by atoms with Crippen LogP contribution < -0.4 is 10.6 Å². The third-order valence-corrected chi connectivity index (χ3v) is 3.72. The van der Waals surface area contributed by atoms with Gasteiger partial charge in [0, 0.05) is 24.2 Å². The first-order chi connectivity index (χ1) is 12.1. The van der Waals surface area contributed by atoms with Crippen molar-refractivity contribution in [1.82, 2.24) is 15.5 Å². The van der Waals surface area contributed by atoms with Gasteiger partial charge in [0.25, 0.3) is 5.91 Å². The van der Waals surface area contributed by atoms with Crippen LogP contribution in [0.15, 0.2) is 45.5 Å². The van der Waals surface area contributed by atoms with Gasteiger partial charge in [-0.1, -0.05) is 35.0 Å². The molecule has 1 aromatic carbocycles. The van der Waals surface area contributed by atoms with Gasteiger partial charge in [-0.05, 0) is 26.3 Å². The number of aryl methyl sites for hydroxylation is 2. The second kappa shape index (κ2) is 7.65. The smallest absolute Gasteiger partial charge is 0.321 e. The fourth-order valence-corrected chi connectivity index (χ4v) is 2.29. The van der Waals surface area contributed by atoms with E-state index in [-0.39, 0.29) is 5.91 Å². The fourth-order valence-electron chi connectivity index (χ4n) is 2.29. The fraction of sp³-hybridized carbons (Fsp3) is 0.278. The lowest BCUT2D eigenvalue weighted by molar-refractivity contribution is 0.0925. The first-order valence-corrected chi connectivity index (χ1v) is 8.10. The van der Waals surface area contributed by atoms with Crippen LogP contribution in [0, 0.1) is 13.8 Å². The van der Waals surface area contributed by atoms with Gasteiger partial charge in [-0.3, -0.25) is 4.79 Å². The second-order valence-corrected chi connectivity index (χ2v) is 5.76. The number of amides is 1. The van der Waals surface area contributed by atoms with E-state index in [0.29, 0.717) is 37.1 Å². The molecule has 0 unspecified atom stereocenters. The van der Waals surface area contributed by atoms with Crippen molar-refractivity contribution in [3.8, 4) is 11.4 Å². The zero-order valence-electron chi connectivity index (χ0n) is 14.2. The molecule has 0 saturated carbocycles. The normalized spacial score (nSPS) is 10.6. The van der Waals surface area contributed by atoms with Crippen molar-refractivity contribution in [1.29, 1.82) is 0 Å². The number of rotatable bonds is 7. The molecule has 0 spiro atoms. The van der Waals surface area contributed by atoms with Crippen molar-refractivity contribution in [2.75, 3.05) is 18.4 Å². The van der Waals surface area contributed by atoms with Crippen LogP contribution in [0.25, 0.3) is 11.4 Å². The summed E-state index contributed by atoms with van der Waals surface area (Å²) < 4.78 is 10.3. The van der Waals surface area contributed by atoms with Crippen LogP contribution in [0.5, 0.6) is 0 Å². The number of hydrogen-bond acceptors (Lipinski definition) is 6. The minimum Gasteiger partial charge on any atom is -0.459 e. The Morgan fingerprint density at radius 1 is 1.12 bits per heavy atom. The molecule has 0 bridgehead atoms. The van der Waals surface area contributed by atoms with E-state index in [0.717, 1.165) is 11.1 Å². The number of hydrogen-bond donors (Lipinski definition) is 2. The largest absolute Gasteiger partial charge is 0.459 e. The standard InChI is InChI=1S/C18H20N4O3/c1-12-4-6-14(7-5-12)16-21-18(25-22-16)20-10-3-9-19-17(23)15-13(2)8-11-24-15/h4-8,11H,3,9-10H2,1-2H3,(H,19,23)(H,20,21,22). The van der Waals surface area contributed by atoms with E-state index in [2.05, 4.69) is 20.8 Å². The molecular weight excluding hydrogens is 320 g/mol. The Morgan fingerprint density at radius 2 is 1.92 bits per heavy atom. The van der Waals surface area contributed by atoms with Gasteiger partial charge in [0.1, 0.15) is 0 Å². The van der Waals surface area contributed by atoms with Gasteiger partial charge in [0.05, 0.1) is 6.26 Å². The van der Waals surface area contributed by atoms with Gasteiger partial charge in [-0.15, -0.1) is 0 Å². The molecule has 0 radical (unpaired) electrons. The number of nitrogens with one attached hydrogen (secondary N) is 2. The maximum absolute atomic E-state index is 11.9. The van der Waals surface area contributed by atoms with Crippen LogP contribution in [-0.4, -0.2) is 29.1 Å². The Kier molecular flexibility index (Phi) is 5.13. The number of aromatic nitrogens is 2. The number of furan rings is 1. The van der Waals surface area contributed by atoms with Crippen LogP contribution in [-0.2, 0) is 0 Å². The lowest BCUT2D eigenvalue weighted by Crippen LogP contribution is -2.26. The molecule has 1 amide bonds. The Labute approximate surface area is 145 Å². The van der Waals surface area contributed by atoms with Crippen molar-refractivity contribution in [3.63, 3.8) is 0 Å². The van der Waals surface area contributed by atoms with E-state index in [1.54, 1.807) is 6.07 Å². The summed E-state index contributed by atoms with van der Waals surface area (Å²) in [6.45, 7) is 4.98. The summed E-state index contributed by atoms with van der Waals surface area (Å²) in [5.41, 5.74) is 2.91. The summed E-state index contributed by atoms with van der Waals surface area (Å²) in [6.07, 6.45) is 2.22. The van der Waals surface area contributed by atoms with Crippen LogP contribution in [0.4, 0.5) is 6.01 Å². The molecule has 2 N–H and O–H groups in total. The summed E-state index contributed by atoms with van der Waals surface area (Å²) in [6, 6.07) is 10.0. The van der Waals surface area contributed by atoms with Gasteiger partial charge in [-0.25, -0.2) is 0 Å². The molecule has 0 atom stereocenters. The lowest BCUT2D eigenvalue weighted by atomic mass is 10.1. The summed E-state index contributed by atoms with van der Waals surface area (Å²) in [4.78, 5) is 16.2. The average molecular weight is 340 g/mol. The van der Waals surface area contributed by atoms with Gasteiger partial charge < -0.3 is 19.6 Å². The molecule has 0 aliphatic carbocycles. The summed E-state index contributed by atoms with van der Waals surface area (Å²) in [5.74, 6) is 0.693. The van der Waals surface area contributed by atoms with Gasteiger partial charge in [-0.2, -0.15) is 4.98 Å². The molecule has 0 saturated heterocycles. The first-order valence-electron chi connectivity index (χ1n) is 8.10. The maximum atomic E-state index is 11.9. The Balaban J connectivity index is 1.42. The summed E-state index contributed by atoms with van der Waals surface area (Å²) in [5, 5.41) is 9.82. The molecule has 2 aromatic heterocycles. The molecule has 130 valence electrons. The molecule has 3 rings (SSSR count). The minimum absolute atomic E-state index is 0.207. The minimum atomic E-state index is -0.207. The SMILES string of the molecule is Cc1ccc(-c2noc(NCCCNC(=O)c3occc3C)n2)cc1. The molecule has 7 nitrogen and oxygen atoms in total. The quantitative estimate of drug-likeness (QED) is 0.642. The van der Waals surface area contributed by atoms with Crippen molar-refractivity contribution < 1.29 is 13.7 Å². The molecule has 25 heavy (non-hydrogen) atoms. The average Bonchev–Trinajstić information content (AvgIpc) is 3.24. The maximum Gasteiger partial charge on any atom is 0.321 e. The van der Waals surface area contributed by atoms with Gasteiger partial charge >= 0.3 is 6.01 Å². The summed E-state index contributed by atoms with van der Waals surface area (Å²) in [7, 11) is 0. The first kappa shape index (κ1) is 16.8. The van der Waals surface area contributed by atoms with Crippen molar-refractivity contribution in [2.24, 2.45) is 0 Å². The second-order valence-electron chi connectivity index (χ2n) is 5.76. The lowest BCUT2D eigenvalue weighted by Gasteiger charge is -2.04. The van der Waals surface area contributed by atoms with E-state index >= 15 is 0 Å². The van der Waals surface area contributed by atoms with Crippen LogP contribution in [0.3, 0.4) is 0 Å². The van der Waals surface area contributed by atoms with E-state index in [4.69, 9.17) is 8.94 Å². The van der Waals surface area contributed by atoms with E-state index in [1.807, 2.05) is 38.1 Å². The zero-order valence-corrected chi connectivity index (χ0v) is 14.2. The highest BCUT2D eigenvalue weighted by Crippen LogP contribution is 2.17. The predicted octanol–water partition coefficient (Wildman–Crippen LogP) is 3.18. The number of nitrogens with zero attached hydrogens (tertiary/aromatic N) is 2. The molecular formula is C18H20N4O3. The number of benzene rings is 1. The number of anilines is 1. The molecule has 7 heteroatoms. The Morgan fingerprint density at radius 3 is 2.64 bits per heavy atom. The predicted molar refractivity (Wildman–Crippen MR) is 93.4 cm³/mol. The molecule has 3 aromatic rings. The monoisotopic (exact) mass is 340 g/mol. The van der Waals surface area contributed by atoms with Gasteiger partial charge in [0.2, 0.25) is 5.82 Å². The van der Waals surface area contributed by atoms with Gasteiger partial charge in [0.15, 0.2) is 5.76 Å². The summed E-state index contributed by atoms with van der Waals surface area (Å²) >= 11 is 0. The van der Waals surface area contributed by atoms with E-state index in [9.17, 15) is 4.79 Å². The highest BCUT2D eigenvalue weighted by molar-refractivity contribution is 5.92. The van der Waals surface area contributed by atoms with Crippen LogP contribution in [0.1, 0.15) is 28.1 Å². The Bertz CT molecular complexity index is 836. The van der Waals surface area contributed by atoms with Crippen molar-refractivity contribution in [2.45, 2.75) is 20.3 Å². The third kappa shape index (κ3) is 4.26. The zero-order chi connectivity index (χ0) is 17.6. The highest BCUT2D eigenvalue weighted by Gasteiger charge is 2.11. The molecule has 0 aliphatic heterocycles.